The van der Waals surface area contributed by atoms with Crippen molar-refractivity contribution in [2.45, 2.75) is 6.42 Å². The number of hydrogen-bond acceptors (Lipinski definition) is 1. The fraction of sp³-hybridized carbons (Fsp3) is 0.222. The minimum atomic E-state index is -0.288. The predicted octanol–water partition coefficient (Wildman–Crippen LogP) is 2.94. The average Bonchev–Trinajstić information content (AvgIpc) is 2.02. The molecule has 0 unspecified atom stereocenters. The Bertz CT molecular complexity index is 307. The Kier molecular flexibility index (Phi) is 4.31. The first-order valence-electron chi connectivity index (χ1n) is 3.64. The van der Waals surface area contributed by atoms with Crippen molar-refractivity contribution in [2.75, 3.05) is 5.33 Å². The Labute approximate surface area is 98.0 Å². The zero-order chi connectivity index (χ0) is 9.84. The zero-order valence-electron chi connectivity index (χ0n) is 6.69. The second kappa shape index (κ2) is 5.05. The van der Waals surface area contributed by atoms with Crippen LogP contribution < -0.4 is 0 Å². The molecular formula is C9H7BrFIO. The van der Waals surface area contributed by atoms with E-state index in [-0.39, 0.29) is 11.6 Å². The monoisotopic (exact) mass is 356 g/mol. The summed E-state index contributed by atoms with van der Waals surface area (Å²) in [6.45, 7) is 0. The summed E-state index contributed by atoms with van der Waals surface area (Å²) in [6.07, 6.45) is 0.291. The van der Waals surface area contributed by atoms with Gasteiger partial charge in [-0.15, -0.1) is 0 Å². The molecule has 0 aromatic heterocycles. The van der Waals surface area contributed by atoms with Gasteiger partial charge >= 0.3 is 0 Å². The van der Waals surface area contributed by atoms with Crippen LogP contribution in [0.15, 0.2) is 18.2 Å². The van der Waals surface area contributed by atoms with Crippen LogP contribution in [-0.4, -0.2) is 11.1 Å². The van der Waals surface area contributed by atoms with Gasteiger partial charge in [-0.1, -0.05) is 15.9 Å². The maximum atomic E-state index is 12.9. The molecule has 0 aliphatic carbocycles. The van der Waals surface area contributed by atoms with Crippen LogP contribution >= 0.6 is 38.5 Å². The molecule has 0 aliphatic heterocycles. The Morgan fingerprint density at radius 2 is 2.15 bits per heavy atom. The molecule has 0 saturated heterocycles. The largest absolute Gasteiger partial charge is 0.298 e. The van der Waals surface area contributed by atoms with E-state index in [1.807, 2.05) is 28.7 Å². The number of alkyl halides is 1. The first-order valence-corrected chi connectivity index (χ1v) is 5.84. The van der Waals surface area contributed by atoms with Crippen LogP contribution in [0.3, 0.4) is 0 Å². The van der Waals surface area contributed by atoms with Crippen LogP contribution in [0.1, 0.15) is 5.56 Å². The van der Waals surface area contributed by atoms with E-state index in [4.69, 9.17) is 0 Å². The highest BCUT2D eigenvalue weighted by atomic mass is 127. The van der Waals surface area contributed by atoms with E-state index in [0.29, 0.717) is 11.8 Å². The second-order valence-corrected chi connectivity index (χ2v) is 4.43. The third kappa shape index (κ3) is 3.72. The van der Waals surface area contributed by atoms with Crippen LogP contribution in [0.2, 0.25) is 0 Å². The predicted molar refractivity (Wildman–Crippen MR) is 61.6 cm³/mol. The van der Waals surface area contributed by atoms with Crippen molar-refractivity contribution >= 4 is 44.3 Å². The summed E-state index contributed by atoms with van der Waals surface area (Å²) in [5, 5.41) is 0.320. The van der Waals surface area contributed by atoms with Gasteiger partial charge in [0.1, 0.15) is 11.6 Å². The van der Waals surface area contributed by atoms with Gasteiger partial charge in [0, 0.05) is 9.99 Å². The molecule has 0 aliphatic rings. The first kappa shape index (κ1) is 11.1. The molecule has 0 heterocycles. The number of carbonyl (C=O) groups is 1. The third-order valence-corrected chi connectivity index (χ3v) is 2.72. The molecule has 0 amide bonds. The van der Waals surface area contributed by atoms with E-state index < -0.39 is 0 Å². The smallest absolute Gasteiger partial charge is 0.147 e. The Balaban J connectivity index is 2.83. The quantitative estimate of drug-likeness (QED) is 0.601. The molecule has 4 heteroatoms. The number of hydrogen-bond donors (Lipinski definition) is 0. The van der Waals surface area contributed by atoms with E-state index in [9.17, 15) is 9.18 Å². The number of rotatable bonds is 3. The summed E-state index contributed by atoms with van der Waals surface area (Å²) in [6, 6.07) is 4.63. The lowest BCUT2D eigenvalue weighted by Crippen LogP contribution is -2.03. The molecule has 0 radical (unpaired) electrons. The fourth-order valence-electron chi connectivity index (χ4n) is 0.988. The van der Waals surface area contributed by atoms with Gasteiger partial charge in [0.05, 0.1) is 5.33 Å². The summed E-state index contributed by atoms with van der Waals surface area (Å²) in [4.78, 5) is 11.0. The van der Waals surface area contributed by atoms with Gasteiger partial charge in [0.15, 0.2) is 0 Å². The zero-order valence-corrected chi connectivity index (χ0v) is 10.4. The van der Waals surface area contributed by atoms with Crippen LogP contribution in [0.5, 0.6) is 0 Å². The molecule has 1 nitrogen and oxygen atoms in total. The lowest BCUT2D eigenvalue weighted by Gasteiger charge is -2.00. The molecular weight excluding hydrogens is 350 g/mol. The maximum absolute atomic E-state index is 12.9. The number of Topliss-reactive ketones (excluding diaryl/α,β-unsaturated/α-hetero) is 1. The summed E-state index contributed by atoms with van der Waals surface area (Å²) in [7, 11) is 0. The Morgan fingerprint density at radius 1 is 1.46 bits per heavy atom. The van der Waals surface area contributed by atoms with Crippen molar-refractivity contribution in [2.24, 2.45) is 0 Å². The number of ketones is 1. The topological polar surface area (TPSA) is 17.1 Å². The number of halogens is 3. The third-order valence-electron chi connectivity index (χ3n) is 1.47. The van der Waals surface area contributed by atoms with Gasteiger partial charge in [-0.05, 0) is 46.4 Å². The SMILES string of the molecule is O=C(CBr)Cc1cc(F)cc(I)c1. The van der Waals surface area contributed by atoms with E-state index >= 15 is 0 Å². The average molecular weight is 357 g/mol. The lowest BCUT2D eigenvalue weighted by atomic mass is 10.1. The molecule has 0 N–H and O–H groups in total. The van der Waals surface area contributed by atoms with Gasteiger partial charge < -0.3 is 0 Å². The number of carbonyl (C=O) groups excluding carboxylic acids is 1. The van der Waals surface area contributed by atoms with Gasteiger partial charge in [-0.2, -0.15) is 0 Å². The van der Waals surface area contributed by atoms with Crippen molar-refractivity contribution in [1.82, 2.24) is 0 Å². The van der Waals surface area contributed by atoms with Gasteiger partial charge in [0.25, 0.3) is 0 Å². The minimum Gasteiger partial charge on any atom is -0.298 e. The Hall–Kier alpha value is 0.0300. The molecule has 13 heavy (non-hydrogen) atoms. The highest BCUT2D eigenvalue weighted by molar-refractivity contribution is 14.1. The first-order chi connectivity index (χ1) is 6.11. The molecule has 70 valence electrons. The van der Waals surface area contributed by atoms with Gasteiger partial charge in [0.2, 0.25) is 0 Å². The fourth-order valence-corrected chi connectivity index (χ4v) is 1.88. The van der Waals surface area contributed by atoms with E-state index in [1.54, 1.807) is 0 Å². The standard InChI is InChI=1S/C9H7BrFIO/c10-5-9(13)3-6-1-7(11)4-8(12)2-6/h1-2,4H,3,5H2. The molecule has 1 aromatic rings. The van der Waals surface area contributed by atoms with Crippen molar-refractivity contribution < 1.29 is 9.18 Å². The molecule has 1 rings (SSSR count). The van der Waals surface area contributed by atoms with Crippen LogP contribution in [0, 0.1) is 9.39 Å². The van der Waals surface area contributed by atoms with Gasteiger partial charge in [-0.25, -0.2) is 4.39 Å². The van der Waals surface area contributed by atoms with Crippen LogP contribution in [-0.2, 0) is 11.2 Å². The summed E-state index contributed by atoms with van der Waals surface area (Å²) in [5.74, 6) is -0.231. The van der Waals surface area contributed by atoms with Crippen LogP contribution in [0.4, 0.5) is 4.39 Å². The maximum Gasteiger partial charge on any atom is 0.147 e. The highest BCUT2D eigenvalue weighted by Crippen LogP contribution is 2.12. The molecule has 0 bridgehead atoms. The van der Waals surface area contributed by atoms with Crippen molar-refractivity contribution in [3.05, 3.63) is 33.1 Å². The second-order valence-electron chi connectivity index (χ2n) is 2.63. The normalized spacial score (nSPS) is 10.1. The summed E-state index contributed by atoms with van der Waals surface area (Å²) >= 11 is 5.09. The minimum absolute atomic E-state index is 0.0569. The molecule has 0 atom stereocenters. The molecule has 0 spiro atoms. The van der Waals surface area contributed by atoms with Crippen molar-refractivity contribution in [1.29, 1.82) is 0 Å². The van der Waals surface area contributed by atoms with Gasteiger partial charge in [-0.3, -0.25) is 4.79 Å². The molecule has 0 saturated carbocycles. The highest BCUT2D eigenvalue weighted by Gasteiger charge is 2.04. The molecule has 1 aromatic carbocycles. The summed E-state index contributed by atoms with van der Waals surface area (Å²) < 4.78 is 13.7. The molecule has 0 fully saturated rings. The Morgan fingerprint density at radius 3 is 2.69 bits per heavy atom. The summed E-state index contributed by atoms with van der Waals surface area (Å²) in [5.41, 5.74) is 0.730. The lowest BCUT2D eigenvalue weighted by molar-refractivity contribution is -0.115. The van der Waals surface area contributed by atoms with E-state index in [1.165, 1.54) is 12.1 Å². The van der Waals surface area contributed by atoms with Crippen molar-refractivity contribution in [3.8, 4) is 0 Å². The number of benzene rings is 1. The van der Waals surface area contributed by atoms with Crippen LogP contribution in [0.25, 0.3) is 0 Å². The van der Waals surface area contributed by atoms with E-state index in [0.717, 1.165) is 9.13 Å². The van der Waals surface area contributed by atoms with E-state index in [2.05, 4.69) is 15.9 Å². The van der Waals surface area contributed by atoms with Crippen molar-refractivity contribution in [3.63, 3.8) is 0 Å².